The molecule has 1 atom stereocenters. The Balaban J connectivity index is 1.54. The summed E-state index contributed by atoms with van der Waals surface area (Å²) in [6, 6.07) is 15.4. The molecule has 0 aliphatic heterocycles. The van der Waals surface area contributed by atoms with Crippen LogP contribution in [-0.2, 0) is 11.3 Å². The first-order valence-corrected chi connectivity index (χ1v) is 10.9. The van der Waals surface area contributed by atoms with Gasteiger partial charge in [-0.2, -0.15) is 5.26 Å². The van der Waals surface area contributed by atoms with Gasteiger partial charge < -0.3 is 9.32 Å². The number of benzene rings is 1. The molecular formula is C22H23N5O2S. The molecule has 8 heteroatoms. The second-order valence-electron chi connectivity index (χ2n) is 7.27. The Kier molecular flexibility index (Phi) is 6.19. The molecule has 1 unspecified atom stereocenters. The second-order valence-corrected chi connectivity index (χ2v) is 8.58. The maximum absolute atomic E-state index is 13.3. The van der Waals surface area contributed by atoms with Crippen LogP contribution in [0.4, 0.5) is 5.69 Å². The standard InChI is InChI=1S/C22H23N5O2S/c1-16(21(28)26(13-6-12-23)18-7-3-2-4-8-18)30-22-25-24-20(17-10-11-17)27(22)15-19-9-5-14-29-19/h2-5,7-9,14,16-17H,6,10-11,13,15H2,1H3. The van der Waals surface area contributed by atoms with Crippen molar-refractivity contribution in [2.24, 2.45) is 0 Å². The fourth-order valence-corrected chi connectivity index (χ4v) is 4.22. The van der Waals surface area contributed by atoms with Gasteiger partial charge in [-0.25, -0.2) is 0 Å². The summed E-state index contributed by atoms with van der Waals surface area (Å²) in [7, 11) is 0. The number of hydrogen-bond donors (Lipinski definition) is 0. The summed E-state index contributed by atoms with van der Waals surface area (Å²) in [5.41, 5.74) is 0.793. The first kappa shape index (κ1) is 20.2. The molecule has 0 bridgehead atoms. The van der Waals surface area contributed by atoms with Crippen molar-refractivity contribution in [3.8, 4) is 6.07 Å². The van der Waals surface area contributed by atoms with Crippen LogP contribution in [0, 0.1) is 11.3 Å². The first-order valence-electron chi connectivity index (χ1n) is 10.0. The minimum absolute atomic E-state index is 0.0537. The van der Waals surface area contributed by atoms with Crippen molar-refractivity contribution in [3.63, 3.8) is 0 Å². The maximum Gasteiger partial charge on any atom is 0.240 e. The van der Waals surface area contributed by atoms with Crippen molar-refractivity contribution in [1.29, 1.82) is 5.26 Å². The summed E-state index contributed by atoms with van der Waals surface area (Å²) in [6.07, 6.45) is 4.16. The lowest BCUT2D eigenvalue weighted by atomic mass is 10.2. The van der Waals surface area contributed by atoms with Gasteiger partial charge in [0.1, 0.15) is 11.6 Å². The van der Waals surface area contributed by atoms with E-state index < -0.39 is 0 Å². The molecule has 1 aromatic carbocycles. The number of hydrogen-bond acceptors (Lipinski definition) is 6. The average molecular weight is 422 g/mol. The smallest absolute Gasteiger partial charge is 0.240 e. The van der Waals surface area contributed by atoms with Gasteiger partial charge in [0.2, 0.25) is 5.91 Å². The van der Waals surface area contributed by atoms with E-state index in [0.29, 0.717) is 24.2 Å². The predicted molar refractivity (Wildman–Crippen MR) is 114 cm³/mol. The topological polar surface area (TPSA) is 87.9 Å². The number of nitrogens with zero attached hydrogens (tertiary/aromatic N) is 5. The Morgan fingerprint density at radius 2 is 2.10 bits per heavy atom. The number of amides is 1. The van der Waals surface area contributed by atoms with Crippen molar-refractivity contribution >= 4 is 23.4 Å². The molecule has 3 aromatic rings. The minimum Gasteiger partial charge on any atom is -0.467 e. The molecule has 1 amide bonds. The zero-order valence-electron chi connectivity index (χ0n) is 16.8. The molecule has 30 heavy (non-hydrogen) atoms. The van der Waals surface area contributed by atoms with E-state index in [0.717, 1.165) is 30.1 Å². The third-order valence-electron chi connectivity index (χ3n) is 4.99. The van der Waals surface area contributed by atoms with Crippen LogP contribution in [0.25, 0.3) is 0 Å². The number of rotatable bonds is 9. The Morgan fingerprint density at radius 1 is 1.30 bits per heavy atom. The van der Waals surface area contributed by atoms with Gasteiger partial charge in [0, 0.05) is 18.2 Å². The lowest BCUT2D eigenvalue weighted by Crippen LogP contribution is -2.37. The quantitative estimate of drug-likeness (QED) is 0.481. The van der Waals surface area contributed by atoms with Gasteiger partial charge in [0.15, 0.2) is 5.16 Å². The van der Waals surface area contributed by atoms with Crippen LogP contribution in [-0.4, -0.2) is 32.5 Å². The number of thioether (sulfide) groups is 1. The summed E-state index contributed by atoms with van der Waals surface area (Å²) in [6.45, 7) is 2.78. The highest BCUT2D eigenvalue weighted by Gasteiger charge is 2.32. The number of carbonyl (C=O) groups excluding carboxylic acids is 1. The normalized spacial score (nSPS) is 14.3. The third kappa shape index (κ3) is 4.57. The maximum atomic E-state index is 13.3. The van der Waals surface area contributed by atoms with E-state index in [-0.39, 0.29) is 17.6 Å². The molecule has 154 valence electrons. The van der Waals surface area contributed by atoms with Crippen LogP contribution in [0.1, 0.15) is 43.7 Å². The summed E-state index contributed by atoms with van der Waals surface area (Å²) in [5.74, 6) is 2.17. The van der Waals surface area contributed by atoms with Gasteiger partial charge >= 0.3 is 0 Å². The number of carbonyl (C=O) groups is 1. The number of anilines is 1. The highest BCUT2D eigenvalue weighted by molar-refractivity contribution is 8.00. The van der Waals surface area contributed by atoms with Crippen LogP contribution in [0.15, 0.2) is 58.3 Å². The van der Waals surface area contributed by atoms with Crippen LogP contribution in [0.2, 0.25) is 0 Å². The van der Waals surface area contributed by atoms with Crippen molar-refractivity contribution < 1.29 is 9.21 Å². The van der Waals surface area contributed by atoms with Crippen LogP contribution in [0.3, 0.4) is 0 Å². The number of aromatic nitrogens is 3. The molecule has 1 fully saturated rings. The fourth-order valence-electron chi connectivity index (χ4n) is 3.30. The molecule has 1 aliphatic rings. The molecule has 4 rings (SSSR count). The van der Waals surface area contributed by atoms with E-state index in [2.05, 4.69) is 20.8 Å². The molecule has 1 aliphatic carbocycles. The van der Waals surface area contributed by atoms with E-state index in [1.165, 1.54) is 11.8 Å². The van der Waals surface area contributed by atoms with E-state index in [1.807, 2.05) is 49.4 Å². The van der Waals surface area contributed by atoms with E-state index in [9.17, 15) is 4.79 Å². The summed E-state index contributed by atoms with van der Waals surface area (Å²) >= 11 is 1.40. The van der Waals surface area contributed by atoms with Crippen molar-refractivity contribution in [2.75, 3.05) is 11.4 Å². The van der Waals surface area contributed by atoms with Gasteiger partial charge in [-0.3, -0.25) is 9.36 Å². The largest absolute Gasteiger partial charge is 0.467 e. The molecule has 0 spiro atoms. The SMILES string of the molecule is CC(Sc1nnc(C2CC2)n1Cc1ccco1)C(=O)N(CCC#N)c1ccccc1. The van der Waals surface area contributed by atoms with Gasteiger partial charge in [0.05, 0.1) is 30.5 Å². The van der Waals surface area contributed by atoms with Gasteiger partial charge in [0.25, 0.3) is 0 Å². The fraction of sp³-hybridized carbons (Fsp3) is 0.364. The number of para-hydroxylation sites is 1. The molecule has 7 nitrogen and oxygen atoms in total. The van der Waals surface area contributed by atoms with Crippen LogP contribution >= 0.6 is 11.8 Å². The predicted octanol–water partition coefficient (Wildman–Crippen LogP) is 4.22. The first-order chi connectivity index (χ1) is 14.7. The molecule has 1 saturated carbocycles. The third-order valence-corrected chi connectivity index (χ3v) is 6.06. The van der Waals surface area contributed by atoms with Crippen molar-refractivity contribution in [1.82, 2.24) is 14.8 Å². The van der Waals surface area contributed by atoms with E-state index >= 15 is 0 Å². The highest BCUT2D eigenvalue weighted by Crippen LogP contribution is 2.40. The number of furan rings is 1. The molecule has 2 heterocycles. The molecular weight excluding hydrogens is 398 g/mol. The van der Waals surface area contributed by atoms with Crippen LogP contribution in [0.5, 0.6) is 0 Å². The lowest BCUT2D eigenvalue weighted by molar-refractivity contribution is -0.117. The lowest BCUT2D eigenvalue weighted by Gasteiger charge is -2.24. The zero-order valence-corrected chi connectivity index (χ0v) is 17.6. The molecule has 0 saturated heterocycles. The Labute approximate surface area is 179 Å². The van der Waals surface area contributed by atoms with Crippen molar-refractivity contribution in [3.05, 3.63) is 60.3 Å². The second kappa shape index (κ2) is 9.18. The molecule has 0 N–H and O–H groups in total. The zero-order chi connectivity index (χ0) is 20.9. The average Bonchev–Trinajstić information content (AvgIpc) is 3.34. The van der Waals surface area contributed by atoms with E-state index in [1.54, 1.807) is 11.2 Å². The number of nitriles is 1. The Bertz CT molecular complexity index is 1020. The summed E-state index contributed by atoms with van der Waals surface area (Å²) < 4.78 is 7.58. The monoisotopic (exact) mass is 421 g/mol. The Morgan fingerprint density at radius 3 is 2.77 bits per heavy atom. The van der Waals surface area contributed by atoms with Gasteiger partial charge in [-0.05, 0) is 44.0 Å². The van der Waals surface area contributed by atoms with Gasteiger partial charge in [-0.15, -0.1) is 10.2 Å². The minimum atomic E-state index is -0.379. The van der Waals surface area contributed by atoms with Gasteiger partial charge in [-0.1, -0.05) is 30.0 Å². The van der Waals surface area contributed by atoms with Crippen molar-refractivity contribution in [2.45, 2.75) is 49.1 Å². The van der Waals surface area contributed by atoms with Crippen LogP contribution < -0.4 is 4.90 Å². The molecule has 0 radical (unpaired) electrons. The highest BCUT2D eigenvalue weighted by atomic mass is 32.2. The summed E-state index contributed by atoms with van der Waals surface area (Å²) in [4.78, 5) is 14.9. The van der Waals surface area contributed by atoms with E-state index in [4.69, 9.17) is 9.68 Å². The Hall–Kier alpha value is -3.05. The molecule has 2 aromatic heterocycles. The summed E-state index contributed by atoms with van der Waals surface area (Å²) in [5, 5.41) is 18.1.